The minimum absolute atomic E-state index is 0. The van der Waals surface area contributed by atoms with Crippen molar-refractivity contribution in [3.8, 4) is 0 Å². The third-order valence-corrected chi connectivity index (χ3v) is 2.27. The van der Waals surface area contributed by atoms with Crippen LogP contribution in [-0.4, -0.2) is 30.3 Å². The molecule has 0 aliphatic rings. The van der Waals surface area contributed by atoms with Gasteiger partial charge in [-0.25, -0.2) is 0 Å². The molecule has 0 N–H and O–H groups in total. The Balaban J connectivity index is -0.000000309. The molecular weight excluding hydrogens is 467 g/mol. The third kappa shape index (κ3) is 38.0. The van der Waals surface area contributed by atoms with Gasteiger partial charge in [0.2, 0.25) is 0 Å². The zero-order valence-corrected chi connectivity index (χ0v) is 19.2. The number of nitrogens with zero attached hydrogens (tertiary/aromatic N) is 6. The average Bonchev–Trinajstić information content (AvgIpc) is 2.86. The zero-order valence-electron chi connectivity index (χ0n) is 16.4. The van der Waals surface area contributed by atoms with Gasteiger partial charge in [-0.15, -0.1) is 0 Å². The van der Waals surface area contributed by atoms with E-state index in [9.17, 15) is 0 Å². The summed E-state index contributed by atoms with van der Waals surface area (Å²) < 4.78 is 0. The predicted molar refractivity (Wildman–Crippen MR) is 129 cm³/mol. The van der Waals surface area contributed by atoms with Crippen LogP contribution in [0, 0.1) is 0 Å². The van der Waals surface area contributed by atoms with Gasteiger partial charge in [-0.1, -0.05) is 48.7 Å². The minimum Gasteiger partial charge on any atom is -0.753 e. The smallest absolute Gasteiger partial charge is 0.753 e. The Labute approximate surface area is 204 Å². The molecule has 9 heteroatoms. The zero-order chi connectivity index (χ0) is 22.4. The van der Waals surface area contributed by atoms with Crippen LogP contribution in [0.2, 0.25) is 0 Å². The molecule has 0 atom stereocenters. The van der Waals surface area contributed by atoms with E-state index >= 15 is 0 Å². The number of rotatable bonds is 0. The first-order chi connectivity index (χ1) is 14.8. The largest absolute Gasteiger partial charge is 2.00 e. The Bertz CT molecular complexity index is 601. The molecule has 0 amide bonds. The number of thiocarbonyl (C=S) groups is 2. The molecule has 1 radical (unpaired) electrons. The van der Waals surface area contributed by atoms with E-state index in [0.717, 1.165) is 0 Å². The fourth-order valence-corrected chi connectivity index (χ4v) is 1.25. The number of aromatic nitrogens is 4. The number of hydrogen-bond acceptors (Lipinski definition) is 6. The van der Waals surface area contributed by atoms with Crippen molar-refractivity contribution in [3.63, 3.8) is 0 Å². The minimum atomic E-state index is 0. The maximum atomic E-state index is 7.13. The first kappa shape index (κ1) is 32.4. The predicted octanol–water partition coefficient (Wildman–Crippen LogP) is 5.64. The summed E-state index contributed by atoms with van der Waals surface area (Å²) in [5.41, 5.74) is 0. The van der Waals surface area contributed by atoms with Gasteiger partial charge in [0.05, 0.1) is 0 Å². The van der Waals surface area contributed by atoms with E-state index in [0.29, 0.717) is 0 Å². The van der Waals surface area contributed by atoms with Crippen LogP contribution in [0.4, 0.5) is 0 Å². The Morgan fingerprint density at radius 1 is 0.387 bits per heavy atom. The van der Waals surface area contributed by atoms with Crippen LogP contribution in [0.1, 0.15) is 0 Å². The maximum absolute atomic E-state index is 7.13. The Morgan fingerprint density at radius 3 is 0.548 bits per heavy atom. The Hall–Kier alpha value is -3.28. The van der Waals surface area contributed by atoms with Crippen LogP contribution in [-0.2, 0) is 17.1 Å². The second kappa shape index (κ2) is 34.2. The van der Waals surface area contributed by atoms with Gasteiger partial charge in [0.25, 0.3) is 0 Å². The van der Waals surface area contributed by atoms with Gasteiger partial charge in [0.15, 0.2) is 0 Å². The Kier molecular flexibility index (Phi) is 35.8. The van der Waals surface area contributed by atoms with Crippen molar-refractivity contribution in [2.24, 2.45) is 0 Å². The van der Waals surface area contributed by atoms with Gasteiger partial charge >= 0.3 is 17.1 Å². The molecule has 0 unspecified atom stereocenters. The molecule has 0 bridgehead atoms. The second-order valence-corrected chi connectivity index (χ2v) is 4.65. The van der Waals surface area contributed by atoms with Crippen LogP contribution in [0.15, 0.2) is 122 Å². The van der Waals surface area contributed by atoms with Crippen molar-refractivity contribution >= 4 is 34.8 Å². The van der Waals surface area contributed by atoms with Gasteiger partial charge in [-0.05, 0) is 48.5 Å². The molecule has 4 aromatic heterocycles. The van der Waals surface area contributed by atoms with E-state index in [1.54, 1.807) is 49.6 Å². The summed E-state index contributed by atoms with van der Waals surface area (Å²) in [5, 5.41) is 16.9. The average molecular weight is 488 g/mol. The monoisotopic (exact) mass is 487 g/mol. The van der Waals surface area contributed by atoms with Crippen molar-refractivity contribution in [2.75, 3.05) is 0 Å². The van der Waals surface area contributed by atoms with Crippen molar-refractivity contribution in [1.29, 1.82) is 0 Å². The SMILES string of the molecule is [Mn+2].[N-]=C=S.[N-]=C=S.c1ccncc1.c1ccncc1.c1ccncc1.c1ccncc1. The van der Waals surface area contributed by atoms with Gasteiger partial charge < -0.3 is 10.8 Å². The molecule has 31 heavy (non-hydrogen) atoms. The number of isothiocyanates is 2. The molecule has 0 saturated heterocycles. The van der Waals surface area contributed by atoms with Crippen molar-refractivity contribution in [3.05, 3.63) is 133 Å². The molecule has 6 nitrogen and oxygen atoms in total. The first-order valence-corrected chi connectivity index (χ1v) is 9.07. The van der Waals surface area contributed by atoms with E-state index in [2.05, 4.69) is 44.4 Å². The number of pyridine rings is 4. The summed E-state index contributed by atoms with van der Waals surface area (Å²) in [5.74, 6) is 0. The molecule has 0 aromatic carbocycles. The molecule has 4 heterocycles. The van der Waals surface area contributed by atoms with Gasteiger partial charge in [-0.3, -0.25) is 19.9 Å². The summed E-state index contributed by atoms with van der Waals surface area (Å²) in [6.45, 7) is 0. The van der Waals surface area contributed by atoms with Crippen LogP contribution < -0.4 is 0 Å². The van der Waals surface area contributed by atoms with E-state index in [1.807, 2.05) is 72.8 Å². The quantitative estimate of drug-likeness (QED) is 0.181. The molecule has 0 spiro atoms. The topological polar surface area (TPSA) is 96.2 Å². The van der Waals surface area contributed by atoms with Crippen molar-refractivity contribution in [1.82, 2.24) is 19.9 Å². The normalized spacial score (nSPS) is 6.71. The van der Waals surface area contributed by atoms with E-state index in [4.69, 9.17) is 10.8 Å². The molecule has 0 aliphatic carbocycles. The van der Waals surface area contributed by atoms with E-state index in [-0.39, 0.29) is 17.1 Å². The Morgan fingerprint density at radius 2 is 0.516 bits per heavy atom. The molecular formula is C22H20MnN6S2. The fourth-order valence-electron chi connectivity index (χ4n) is 1.25. The molecule has 4 rings (SSSR count). The van der Waals surface area contributed by atoms with Gasteiger partial charge in [0.1, 0.15) is 0 Å². The summed E-state index contributed by atoms with van der Waals surface area (Å²) in [7, 11) is 0. The number of hydrogen-bond donors (Lipinski definition) is 0. The standard InChI is InChI=1S/4C5H5N.2CNS.Mn/c4*1-2-4-6-5-3-1;2*2-1-3;/h4*1-5H;;;/q;;;;2*-1;+2. The summed E-state index contributed by atoms with van der Waals surface area (Å²) >= 11 is 7.40. The molecule has 4 aromatic rings. The molecule has 0 saturated carbocycles. The molecule has 0 aliphatic heterocycles. The third-order valence-electron chi connectivity index (χ3n) is 2.27. The van der Waals surface area contributed by atoms with E-state index in [1.165, 1.54) is 10.3 Å². The van der Waals surface area contributed by atoms with E-state index < -0.39 is 0 Å². The van der Waals surface area contributed by atoms with Crippen LogP contribution in [0.25, 0.3) is 10.8 Å². The van der Waals surface area contributed by atoms with Crippen LogP contribution in [0.3, 0.4) is 0 Å². The fraction of sp³-hybridized carbons (Fsp3) is 0. The van der Waals surface area contributed by atoms with Gasteiger partial charge in [-0.2, -0.15) is 10.3 Å². The summed E-state index contributed by atoms with van der Waals surface area (Å²) in [4.78, 5) is 15.1. The van der Waals surface area contributed by atoms with Crippen molar-refractivity contribution < 1.29 is 17.1 Å². The summed E-state index contributed by atoms with van der Waals surface area (Å²) in [6.07, 6.45) is 14.0. The van der Waals surface area contributed by atoms with Gasteiger partial charge in [0, 0.05) is 49.6 Å². The van der Waals surface area contributed by atoms with Crippen LogP contribution in [0.5, 0.6) is 0 Å². The summed E-state index contributed by atoms with van der Waals surface area (Å²) in [6, 6.07) is 22.9. The van der Waals surface area contributed by atoms with Crippen molar-refractivity contribution in [2.45, 2.75) is 0 Å². The molecule has 157 valence electrons. The van der Waals surface area contributed by atoms with Crippen LogP contribution >= 0.6 is 24.4 Å². The molecule has 0 fully saturated rings. The first-order valence-electron chi connectivity index (χ1n) is 8.25. The second-order valence-electron chi connectivity index (χ2n) is 4.28. The maximum Gasteiger partial charge on any atom is 2.00 e.